The van der Waals surface area contributed by atoms with Crippen LogP contribution in [0.1, 0.15) is 37.3 Å². The number of aromatic amines is 1. The quantitative estimate of drug-likeness (QED) is 0.593. The van der Waals surface area contributed by atoms with E-state index in [4.69, 9.17) is 0 Å². The number of fused-ring (bicyclic) bond motifs is 1. The maximum Gasteiger partial charge on any atom is 0.259 e. The number of allylic oxidation sites excluding steroid dienone is 1. The third kappa shape index (κ3) is 5.89. The van der Waals surface area contributed by atoms with Crippen LogP contribution in [0.25, 0.3) is 10.8 Å². The molecule has 198 valence electrons. The van der Waals surface area contributed by atoms with Gasteiger partial charge in [-0.3, -0.25) is 19.5 Å². The zero-order valence-corrected chi connectivity index (χ0v) is 20.6. The van der Waals surface area contributed by atoms with Crippen molar-refractivity contribution in [2.45, 2.75) is 44.1 Å². The number of nitrogens with one attached hydrogen (secondary N) is 2. The number of hydrogen-bond donors (Lipinski definition) is 2. The molecule has 2 N–H and O–H groups in total. The number of piperazine rings is 1. The molecular formula is C27H32F3N5O2. The lowest BCUT2D eigenvalue weighted by Gasteiger charge is -2.38. The Morgan fingerprint density at radius 2 is 2.00 bits per heavy atom. The zero-order valence-electron chi connectivity index (χ0n) is 20.6. The van der Waals surface area contributed by atoms with E-state index in [0.29, 0.717) is 17.7 Å². The van der Waals surface area contributed by atoms with Gasteiger partial charge in [-0.1, -0.05) is 18.2 Å². The van der Waals surface area contributed by atoms with E-state index in [1.165, 1.54) is 6.07 Å². The standard InChI is InChI=1S/C27H32F3N5O2/c28-21-3-1-2-19-13-23(33-27(37)25(19)21)18-5-4-17(12-18)16-34-8-10-35(11-9-34)20-6-7-22(31-14-20)26(36)32-15-24(29)30/h1-3,6,13-14,17-18,22,24H,4-5,7-12,15-16H2,(H,32,36)(H,33,37)/t17-,18-,22?/m1/s1. The predicted molar refractivity (Wildman–Crippen MR) is 137 cm³/mol. The first-order valence-electron chi connectivity index (χ1n) is 13.0. The third-order valence-electron chi connectivity index (χ3n) is 7.75. The van der Waals surface area contributed by atoms with Crippen molar-refractivity contribution in [1.29, 1.82) is 0 Å². The highest BCUT2D eigenvalue weighted by Crippen LogP contribution is 2.38. The molecule has 0 radical (unpaired) electrons. The maximum atomic E-state index is 14.0. The lowest BCUT2D eigenvalue weighted by Crippen LogP contribution is -2.47. The molecule has 2 aromatic rings. The molecule has 1 aliphatic carbocycles. The van der Waals surface area contributed by atoms with Crippen molar-refractivity contribution < 1.29 is 18.0 Å². The van der Waals surface area contributed by atoms with E-state index in [2.05, 4.69) is 25.1 Å². The predicted octanol–water partition coefficient (Wildman–Crippen LogP) is 3.28. The van der Waals surface area contributed by atoms with Crippen LogP contribution >= 0.6 is 0 Å². The van der Waals surface area contributed by atoms with Crippen LogP contribution in [-0.4, -0.2) is 78.6 Å². The topological polar surface area (TPSA) is 80.8 Å². The van der Waals surface area contributed by atoms with E-state index >= 15 is 0 Å². The van der Waals surface area contributed by atoms with Crippen LogP contribution in [-0.2, 0) is 4.79 Å². The van der Waals surface area contributed by atoms with Gasteiger partial charge in [-0.2, -0.15) is 0 Å². The fourth-order valence-electron chi connectivity index (χ4n) is 5.79. The monoisotopic (exact) mass is 515 g/mol. The van der Waals surface area contributed by atoms with Gasteiger partial charge < -0.3 is 15.2 Å². The van der Waals surface area contributed by atoms with Gasteiger partial charge in [-0.05, 0) is 55.0 Å². The lowest BCUT2D eigenvalue weighted by atomic mass is 9.98. The Morgan fingerprint density at radius 1 is 1.19 bits per heavy atom. The summed E-state index contributed by atoms with van der Waals surface area (Å²) in [5.41, 5.74) is 1.53. The first-order chi connectivity index (χ1) is 17.9. The van der Waals surface area contributed by atoms with Gasteiger partial charge in [-0.15, -0.1) is 0 Å². The van der Waals surface area contributed by atoms with Crippen molar-refractivity contribution in [2.24, 2.45) is 10.9 Å². The molecule has 1 saturated carbocycles. The molecule has 0 bridgehead atoms. The van der Waals surface area contributed by atoms with Crippen molar-refractivity contribution in [2.75, 3.05) is 39.3 Å². The Kier molecular flexibility index (Phi) is 7.64. The number of rotatable bonds is 7. The van der Waals surface area contributed by atoms with E-state index in [1.54, 1.807) is 18.3 Å². The second-order valence-electron chi connectivity index (χ2n) is 10.2. The maximum absolute atomic E-state index is 14.0. The second-order valence-corrected chi connectivity index (χ2v) is 10.2. The van der Waals surface area contributed by atoms with E-state index in [0.717, 1.165) is 63.4 Å². The number of hydrogen-bond acceptors (Lipinski definition) is 5. The number of aromatic nitrogens is 1. The lowest BCUT2D eigenvalue weighted by molar-refractivity contribution is -0.122. The summed E-state index contributed by atoms with van der Waals surface area (Å²) >= 11 is 0. The number of carbonyl (C=O) groups is 1. The second kappa shape index (κ2) is 11.1. The summed E-state index contributed by atoms with van der Waals surface area (Å²) in [6.07, 6.45) is 4.61. The Balaban J connectivity index is 1.09. The minimum Gasteiger partial charge on any atom is -0.368 e. The molecule has 3 atom stereocenters. The largest absolute Gasteiger partial charge is 0.368 e. The van der Waals surface area contributed by atoms with Gasteiger partial charge in [0.1, 0.15) is 11.9 Å². The normalized spacial score (nSPS) is 24.6. The fraction of sp³-hybridized carbons (Fsp3) is 0.519. The first kappa shape index (κ1) is 25.5. The molecule has 1 aromatic heterocycles. The Bertz CT molecular complexity index is 1250. The van der Waals surface area contributed by atoms with Gasteiger partial charge in [0, 0.05) is 44.6 Å². The fourth-order valence-corrected chi connectivity index (χ4v) is 5.79. The molecule has 1 unspecified atom stereocenters. The molecule has 10 heteroatoms. The molecule has 0 spiro atoms. The average Bonchev–Trinajstić information content (AvgIpc) is 3.36. The molecule has 7 nitrogen and oxygen atoms in total. The number of amides is 1. The van der Waals surface area contributed by atoms with Crippen LogP contribution in [0.2, 0.25) is 0 Å². The van der Waals surface area contributed by atoms with Crippen LogP contribution in [0.5, 0.6) is 0 Å². The molecule has 37 heavy (non-hydrogen) atoms. The van der Waals surface area contributed by atoms with Gasteiger partial charge in [0.25, 0.3) is 12.0 Å². The molecule has 2 fully saturated rings. The highest BCUT2D eigenvalue weighted by atomic mass is 19.3. The number of dihydropyridines is 1. The van der Waals surface area contributed by atoms with E-state index in [1.807, 2.05) is 12.1 Å². The number of carbonyl (C=O) groups excluding carboxylic acids is 1. The Labute approximate surface area is 213 Å². The number of nitrogens with zero attached hydrogens (tertiary/aromatic N) is 3. The first-order valence-corrected chi connectivity index (χ1v) is 13.0. The Hall–Kier alpha value is -3.14. The van der Waals surface area contributed by atoms with E-state index in [-0.39, 0.29) is 16.9 Å². The van der Waals surface area contributed by atoms with Crippen LogP contribution in [0.15, 0.2) is 45.8 Å². The van der Waals surface area contributed by atoms with Gasteiger partial charge in [0.15, 0.2) is 0 Å². The summed E-state index contributed by atoms with van der Waals surface area (Å²) < 4.78 is 38.7. The summed E-state index contributed by atoms with van der Waals surface area (Å²) in [5, 5.41) is 3.01. The number of benzene rings is 1. The molecule has 2 aliphatic heterocycles. The van der Waals surface area contributed by atoms with Gasteiger partial charge in [0.2, 0.25) is 5.91 Å². The molecule has 1 amide bonds. The number of halogens is 3. The summed E-state index contributed by atoms with van der Waals surface area (Å²) in [7, 11) is 0. The third-order valence-corrected chi connectivity index (χ3v) is 7.75. The summed E-state index contributed by atoms with van der Waals surface area (Å²) in [4.78, 5) is 36.4. The van der Waals surface area contributed by atoms with Crippen molar-refractivity contribution in [3.8, 4) is 0 Å². The van der Waals surface area contributed by atoms with Gasteiger partial charge >= 0.3 is 0 Å². The minimum absolute atomic E-state index is 0.127. The summed E-state index contributed by atoms with van der Waals surface area (Å²) in [6, 6.07) is 6.03. The van der Waals surface area contributed by atoms with E-state index < -0.39 is 30.7 Å². The highest BCUT2D eigenvalue weighted by molar-refractivity contribution is 5.88. The number of pyridine rings is 1. The van der Waals surface area contributed by atoms with Crippen molar-refractivity contribution in [3.05, 3.63) is 57.9 Å². The van der Waals surface area contributed by atoms with Crippen molar-refractivity contribution in [1.82, 2.24) is 20.1 Å². The number of alkyl halides is 2. The summed E-state index contributed by atoms with van der Waals surface area (Å²) in [5.74, 6) is -0.127. The zero-order chi connectivity index (χ0) is 25.9. The molecule has 3 heterocycles. The molecule has 3 aliphatic rings. The van der Waals surface area contributed by atoms with Gasteiger partial charge in [0.05, 0.1) is 17.6 Å². The Morgan fingerprint density at radius 3 is 2.73 bits per heavy atom. The SMILES string of the molecule is O=C(NCC(F)F)C1CC=C(N2CCN(C[C@@H]3CC[C@@H](c4cc5cccc(F)c5c(=O)[nH]4)C3)CC2)C=N1. The number of aliphatic imine (C=N–C) groups is 1. The average molecular weight is 516 g/mol. The minimum atomic E-state index is -2.57. The van der Waals surface area contributed by atoms with Gasteiger partial charge in [-0.25, -0.2) is 13.2 Å². The molecular weight excluding hydrogens is 483 g/mol. The van der Waals surface area contributed by atoms with E-state index in [9.17, 15) is 22.8 Å². The smallest absolute Gasteiger partial charge is 0.259 e. The van der Waals surface area contributed by atoms with Crippen LogP contribution < -0.4 is 10.9 Å². The molecule has 1 saturated heterocycles. The number of H-pyrrole nitrogens is 1. The van der Waals surface area contributed by atoms with Crippen LogP contribution in [0.3, 0.4) is 0 Å². The van der Waals surface area contributed by atoms with Crippen molar-refractivity contribution in [3.63, 3.8) is 0 Å². The van der Waals surface area contributed by atoms with Crippen LogP contribution in [0, 0.1) is 11.7 Å². The van der Waals surface area contributed by atoms with Crippen molar-refractivity contribution >= 4 is 22.9 Å². The molecule has 1 aromatic carbocycles. The summed E-state index contributed by atoms with van der Waals surface area (Å²) in [6.45, 7) is 3.94. The highest BCUT2D eigenvalue weighted by Gasteiger charge is 2.30. The molecule has 5 rings (SSSR count). The van der Waals surface area contributed by atoms with Crippen LogP contribution in [0.4, 0.5) is 13.2 Å².